The number of carbonyl (C=O) groups excluding carboxylic acids is 3. The molecule has 0 bridgehead atoms. The summed E-state index contributed by atoms with van der Waals surface area (Å²) in [5, 5.41) is 0. The lowest BCUT2D eigenvalue weighted by Gasteiger charge is -2.24. The lowest BCUT2D eigenvalue weighted by molar-refractivity contribution is 0.0673. The molecule has 0 saturated carbocycles. The summed E-state index contributed by atoms with van der Waals surface area (Å²) in [5.74, 6) is -1.77. The summed E-state index contributed by atoms with van der Waals surface area (Å²) in [7, 11) is 0. The van der Waals surface area contributed by atoms with Gasteiger partial charge in [-0.3, -0.25) is 0 Å². The maximum atomic E-state index is 13.9. The molecule has 204 valence electrons. The molecule has 6 nitrogen and oxygen atoms in total. The molecule has 1 aliphatic heterocycles. The Morgan fingerprint density at radius 3 is 0.872 bits per heavy atom. The maximum absolute atomic E-state index is 13.9. The number of carbonyl (C=O) groups is 3. The van der Waals surface area contributed by atoms with E-state index in [2.05, 4.69) is 0 Å². The van der Waals surface area contributed by atoms with Crippen molar-refractivity contribution in [2.75, 3.05) is 0 Å². The van der Waals surface area contributed by atoms with Gasteiger partial charge in [0, 0.05) is 0 Å². The molecule has 0 aromatic heterocycles. The Bertz CT molecular complexity index is 1310. The van der Waals surface area contributed by atoms with Crippen LogP contribution in [0.15, 0.2) is 36.4 Å². The number of rotatable bonds is 3. The van der Waals surface area contributed by atoms with Gasteiger partial charge in [0.1, 0.15) is 33.9 Å². The molecule has 3 aromatic carbocycles. The molecule has 6 heteroatoms. The van der Waals surface area contributed by atoms with Crippen molar-refractivity contribution in [3.8, 4) is 17.2 Å². The topological polar surface area (TPSA) is 78.9 Å². The monoisotopic (exact) mass is 528 g/mol. The second-order valence-electron chi connectivity index (χ2n) is 11.2. The number of esters is 3. The van der Waals surface area contributed by atoms with Crippen LogP contribution in [0.1, 0.15) is 124 Å². The Morgan fingerprint density at radius 1 is 0.436 bits per heavy atom. The molecule has 0 saturated heterocycles. The first-order chi connectivity index (χ1) is 18.3. The zero-order valence-electron chi connectivity index (χ0n) is 24.1. The van der Waals surface area contributed by atoms with Crippen molar-refractivity contribution in [2.45, 2.75) is 80.1 Å². The summed E-state index contributed by atoms with van der Waals surface area (Å²) < 4.78 is 18.1. The molecular formula is C33H36O6. The number of hydrogen-bond acceptors (Lipinski definition) is 6. The van der Waals surface area contributed by atoms with Gasteiger partial charge in [0.15, 0.2) is 0 Å². The van der Waals surface area contributed by atoms with Crippen LogP contribution in [0.2, 0.25) is 0 Å². The van der Waals surface area contributed by atoms with E-state index in [0.29, 0.717) is 33.4 Å². The van der Waals surface area contributed by atoms with Gasteiger partial charge >= 0.3 is 17.9 Å². The molecule has 0 fully saturated rings. The second kappa shape index (κ2) is 10.7. The highest BCUT2D eigenvalue weighted by molar-refractivity contribution is 6.04. The van der Waals surface area contributed by atoms with Gasteiger partial charge in [0.25, 0.3) is 0 Å². The minimum Gasteiger partial charge on any atom is -0.422 e. The SMILES string of the molecule is Cc1ccc(C(C)C)c2c1C(=O)Oc1c(C(C)C)ccc(C)c1C(=O)Oc1c(C(C)C)ccc(C)c1C(=O)O2. The third kappa shape index (κ3) is 5.08. The molecule has 0 amide bonds. The zero-order chi connectivity index (χ0) is 28.8. The van der Waals surface area contributed by atoms with E-state index in [-0.39, 0.29) is 51.7 Å². The number of hydrogen-bond donors (Lipinski definition) is 0. The minimum absolute atomic E-state index is 0.0472. The fraction of sp³-hybridized carbons (Fsp3) is 0.364. The molecule has 0 atom stereocenters. The fourth-order valence-corrected chi connectivity index (χ4v) is 4.98. The van der Waals surface area contributed by atoms with Crippen molar-refractivity contribution in [1.82, 2.24) is 0 Å². The number of fused-ring (bicyclic) bond motifs is 3. The number of benzene rings is 3. The van der Waals surface area contributed by atoms with E-state index in [9.17, 15) is 14.4 Å². The van der Waals surface area contributed by atoms with Gasteiger partial charge < -0.3 is 14.2 Å². The maximum Gasteiger partial charge on any atom is 0.347 e. The molecule has 3 aromatic rings. The first-order valence-electron chi connectivity index (χ1n) is 13.4. The van der Waals surface area contributed by atoms with Crippen molar-refractivity contribution in [3.05, 3.63) is 86.5 Å². The van der Waals surface area contributed by atoms with Crippen LogP contribution in [0.4, 0.5) is 0 Å². The largest absolute Gasteiger partial charge is 0.422 e. The van der Waals surface area contributed by atoms with Crippen LogP contribution in [-0.4, -0.2) is 17.9 Å². The average molecular weight is 529 g/mol. The lowest BCUT2D eigenvalue weighted by Crippen LogP contribution is -2.24. The van der Waals surface area contributed by atoms with Crippen LogP contribution in [0, 0.1) is 20.8 Å². The van der Waals surface area contributed by atoms with Gasteiger partial charge in [-0.05, 0) is 71.9 Å². The average Bonchev–Trinajstić information content (AvgIpc) is 2.83. The highest BCUT2D eigenvalue weighted by Crippen LogP contribution is 2.40. The Hall–Kier alpha value is -3.93. The van der Waals surface area contributed by atoms with Crippen LogP contribution in [0.25, 0.3) is 0 Å². The van der Waals surface area contributed by atoms with E-state index in [0.717, 1.165) is 0 Å². The van der Waals surface area contributed by atoms with Crippen LogP contribution < -0.4 is 14.2 Å². The highest BCUT2D eigenvalue weighted by Gasteiger charge is 2.33. The lowest BCUT2D eigenvalue weighted by atomic mass is 9.93. The van der Waals surface area contributed by atoms with Crippen molar-refractivity contribution in [1.29, 1.82) is 0 Å². The molecule has 0 unspecified atom stereocenters. The van der Waals surface area contributed by atoms with E-state index in [1.165, 1.54) is 0 Å². The normalized spacial score (nSPS) is 13.7. The highest BCUT2D eigenvalue weighted by atomic mass is 16.6. The zero-order valence-corrected chi connectivity index (χ0v) is 24.1. The summed E-state index contributed by atoms with van der Waals surface area (Å²) in [6.45, 7) is 17.1. The quantitative estimate of drug-likeness (QED) is 0.253. The molecule has 0 N–H and O–H groups in total. The summed E-state index contributed by atoms with van der Waals surface area (Å²) in [6, 6.07) is 11.0. The molecule has 1 heterocycles. The Labute approximate surface area is 230 Å². The summed E-state index contributed by atoms with van der Waals surface area (Å²) in [5.41, 5.74) is 4.35. The summed E-state index contributed by atoms with van der Waals surface area (Å²) >= 11 is 0. The van der Waals surface area contributed by atoms with Gasteiger partial charge in [-0.1, -0.05) is 77.9 Å². The third-order valence-electron chi connectivity index (χ3n) is 7.25. The van der Waals surface area contributed by atoms with Gasteiger partial charge in [0.2, 0.25) is 0 Å². The minimum atomic E-state index is -0.701. The second-order valence-corrected chi connectivity index (χ2v) is 11.2. The molecule has 4 rings (SSSR count). The standard InChI is InChI=1S/C33H36O6/c1-16(2)22-13-10-19(7)25-28(22)37-32(35)26-20(8)11-14-23(17(3)4)29(26)39-33(36)27-21(9)12-15-24(18(5)6)30(27)38-31(25)34/h10-18H,1-9H3. The molecule has 0 aliphatic carbocycles. The van der Waals surface area contributed by atoms with E-state index in [1.54, 1.807) is 20.8 Å². The Balaban J connectivity index is 2.14. The Morgan fingerprint density at radius 2 is 0.667 bits per heavy atom. The number of ether oxygens (including phenoxy) is 3. The van der Waals surface area contributed by atoms with Gasteiger partial charge in [-0.25, -0.2) is 14.4 Å². The number of aryl methyl sites for hydroxylation is 3. The van der Waals surface area contributed by atoms with Crippen molar-refractivity contribution in [2.24, 2.45) is 0 Å². The van der Waals surface area contributed by atoms with Crippen molar-refractivity contribution < 1.29 is 28.6 Å². The smallest absolute Gasteiger partial charge is 0.347 e. The summed E-state index contributed by atoms with van der Waals surface area (Å²) in [4.78, 5) is 41.6. The predicted molar refractivity (Wildman–Crippen MR) is 151 cm³/mol. The van der Waals surface area contributed by atoms with Crippen molar-refractivity contribution >= 4 is 17.9 Å². The molecular weight excluding hydrogens is 492 g/mol. The predicted octanol–water partition coefficient (Wildman–Crippen LogP) is 7.95. The third-order valence-corrected chi connectivity index (χ3v) is 7.25. The molecule has 39 heavy (non-hydrogen) atoms. The van der Waals surface area contributed by atoms with Gasteiger partial charge in [-0.15, -0.1) is 0 Å². The van der Waals surface area contributed by atoms with E-state index >= 15 is 0 Å². The van der Waals surface area contributed by atoms with Crippen LogP contribution >= 0.6 is 0 Å². The van der Waals surface area contributed by atoms with Crippen LogP contribution in [0.5, 0.6) is 17.2 Å². The van der Waals surface area contributed by atoms with Crippen LogP contribution in [-0.2, 0) is 0 Å². The first kappa shape index (κ1) is 28.1. The van der Waals surface area contributed by atoms with Gasteiger partial charge in [0.05, 0.1) is 0 Å². The van der Waals surface area contributed by atoms with E-state index < -0.39 is 17.9 Å². The van der Waals surface area contributed by atoms with Gasteiger partial charge in [-0.2, -0.15) is 0 Å². The van der Waals surface area contributed by atoms with E-state index in [4.69, 9.17) is 14.2 Å². The van der Waals surface area contributed by atoms with E-state index in [1.807, 2.05) is 77.9 Å². The van der Waals surface area contributed by atoms with Crippen LogP contribution in [0.3, 0.4) is 0 Å². The summed E-state index contributed by atoms with van der Waals surface area (Å²) in [6.07, 6.45) is 0. The Kier molecular flexibility index (Phi) is 7.69. The van der Waals surface area contributed by atoms with Crippen molar-refractivity contribution in [3.63, 3.8) is 0 Å². The molecule has 1 aliphatic rings. The fourth-order valence-electron chi connectivity index (χ4n) is 4.98. The molecule has 0 radical (unpaired) electrons. The first-order valence-corrected chi connectivity index (χ1v) is 13.4. The molecule has 0 spiro atoms.